The number of carbonyl (C=O) groups excluding carboxylic acids is 1. The van der Waals surface area contributed by atoms with E-state index in [0.29, 0.717) is 0 Å². The number of nitrogens with one attached hydrogen (secondary N) is 1. The van der Waals surface area contributed by atoms with Crippen molar-refractivity contribution < 1.29 is 14.5 Å². The fraction of sp³-hybridized carbons (Fsp3) is 0. The van der Waals surface area contributed by atoms with Gasteiger partial charge in [-0.1, -0.05) is 6.07 Å². The molecular formula is C9H5N3O5. The van der Waals surface area contributed by atoms with E-state index in [9.17, 15) is 19.7 Å². The second kappa shape index (κ2) is 4.00. The van der Waals surface area contributed by atoms with E-state index in [-0.39, 0.29) is 23.2 Å². The topological polar surface area (TPSA) is 115 Å². The SMILES string of the molecule is O=COc1nc2c([N+](=O)[O-])cccc2[nH]c1=O. The summed E-state index contributed by atoms with van der Waals surface area (Å²) in [5.74, 6) is -0.526. The number of aromatic amines is 1. The van der Waals surface area contributed by atoms with Gasteiger partial charge in [0, 0.05) is 6.07 Å². The minimum absolute atomic E-state index is 0.0260. The van der Waals surface area contributed by atoms with Gasteiger partial charge >= 0.3 is 5.56 Å². The number of nitro groups is 1. The zero-order valence-electron chi connectivity index (χ0n) is 8.25. The molecule has 0 saturated carbocycles. The molecule has 1 aromatic carbocycles. The number of hydrogen-bond donors (Lipinski definition) is 1. The maximum atomic E-state index is 11.3. The number of carbonyl (C=O) groups is 1. The van der Waals surface area contributed by atoms with Crippen molar-refractivity contribution in [3.63, 3.8) is 0 Å². The highest BCUT2D eigenvalue weighted by Gasteiger charge is 2.15. The van der Waals surface area contributed by atoms with Gasteiger partial charge in [-0.05, 0) is 6.07 Å². The van der Waals surface area contributed by atoms with Crippen LogP contribution in [0.5, 0.6) is 5.88 Å². The van der Waals surface area contributed by atoms with Gasteiger partial charge < -0.3 is 9.72 Å². The first-order valence-corrected chi connectivity index (χ1v) is 4.41. The van der Waals surface area contributed by atoms with E-state index in [4.69, 9.17) is 0 Å². The van der Waals surface area contributed by atoms with Crippen LogP contribution in [0.1, 0.15) is 0 Å². The van der Waals surface area contributed by atoms with Gasteiger partial charge in [0.25, 0.3) is 18.0 Å². The molecule has 1 heterocycles. The molecule has 0 aliphatic rings. The standard InChI is InChI=1S/C9H5N3O5/c13-4-17-9-8(14)10-5-2-1-3-6(12(15)16)7(5)11-9/h1-4H,(H,10,14). The molecule has 2 rings (SSSR count). The third-order valence-electron chi connectivity index (χ3n) is 2.03. The molecule has 0 aliphatic heterocycles. The van der Waals surface area contributed by atoms with Crippen molar-refractivity contribution in [3.05, 3.63) is 38.7 Å². The first-order valence-electron chi connectivity index (χ1n) is 4.41. The van der Waals surface area contributed by atoms with Crippen LogP contribution in [-0.4, -0.2) is 21.4 Å². The number of benzene rings is 1. The lowest BCUT2D eigenvalue weighted by molar-refractivity contribution is -0.383. The van der Waals surface area contributed by atoms with Gasteiger partial charge in [0.05, 0.1) is 10.4 Å². The summed E-state index contributed by atoms with van der Waals surface area (Å²) in [4.78, 5) is 37.5. The lowest BCUT2D eigenvalue weighted by Gasteiger charge is -2.00. The smallest absolute Gasteiger partial charge is 0.311 e. The second-order valence-corrected chi connectivity index (χ2v) is 3.02. The predicted molar refractivity (Wildman–Crippen MR) is 55.7 cm³/mol. The van der Waals surface area contributed by atoms with Crippen LogP contribution in [0, 0.1) is 10.1 Å². The highest BCUT2D eigenvalue weighted by atomic mass is 16.6. The van der Waals surface area contributed by atoms with Crippen molar-refractivity contribution in [3.8, 4) is 5.88 Å². The summed E-state index contributed by atoms with van der Waals surface area (Å²) < 4.78 is 4.32. The first kappa shape index (κ1) is 10.7. The number of aromatic nitrogens is 2. The average molecular weight is 235 g/mol. The lowest BCUT2D eigenvalue weighted by Crippen LogP contribution is -2.13. The number of hydrogen-bond acceptors (Lipinski definition) is 6. The number of ether oxygens (including phenoxy) is 1. The molecule has 0 unspecified atom stereocenters. The van der Waals surface area contributed by atoms with E-state index >= 15 is 0 Å². The Balaban J connectivity index is 2.80. The van der Waals surface area contributed by atoms with Gasteiger partial charge in [-0.15, -0.1) is 0 Å². The van der Waals surface area contributed by atoms with Crippen LogP contribution in [0.2, 0.25) is 0 Å². The van der Waals surface area contributed by atoms with Crippen molar-refractivity contribution in [1.29, 1.82) is 0 Å². The molecule has 86 valence electrons. The van der Waals surface area contributed by atoms with Gasteiger partial charge in [-0.3, -0.25) is 19.7 Å². The summed E-state index contributed by atoms with van der Waals surface area (Å²) in [5, 5.41) is 10.7. The largest absolute Gasteiger partial charge is 0.404 e. The third kappa shape index (κ3) is 1.83. The summed E-state index contributed by atoms with van der Waals surface area (Å²) in [7, 11) is 0. The number of non-ortho nitro benzene ring substituents is 1. The molecule has 2 aromatic rings. The van der Waals surface area contributed by atoms with Crippen LogP contribution < -0.4 is 10.3 Å². The van der Waals surface area contributed by atoms with Crippen LogP contribution in [0.3, 0.4) is 0 Å². The van der Waals surface area contributed by atoms with E-state index < -0.39 is 16.4 Å². The van der Waals surface area contributed by atoms with Crippen molar-refractivity contribution in [2.75, 3.05) is 0 Å². The molecule has 8 nitrogen and oxygen atoms in total. The minimum atomic E-state index is -0.731. The molecule has 0 atom stereocenters. The molecule has 0 amide bonds. The van der Waals surface area contributed by atoms with E-state index in [1.165, 1.54) is 18.2 Å². The van der Waals surface area contributed by atoms with E-state index in [0.717, 1.165) is 0 Å². The summed E-state index contributed by atoms with van der Waals surface area (Å²) in [5.41, 5.74) is -0.865. The molecule has 1 aromatic heterocycles. The summed E-state index contributed by atoms with van der Waals surface area (Å²) in [6.07, 6.45) is 0. The molecular weight excluding hydrogens is 230 g/mol. The van der Waals surface area contributed by atoms with Crippen molar-refractivity contribution in [2.45, 2.75) is 0 Å². The predicted octanol–water partition coefficient (Wildman–Crippen LogP) is 0.366. The van der Waals surface area contributed by atoms with Gasteiger partial charge in [0.15, 0.2) is 5.52 Å². The number of nitro benzene ring substituents is 1. The molecule has 17 heavy (non-hydrogen) atoms. The van der Waals surface area contributed by atoms with Crippen molar-refractivity contribution in [1.82, 2.24) is 9.97 Å². The molecule has 0 aliphatic carbocycles. The zero-order chi connectivity index (χ0) is 12.4. The third-order valence-corrected chi connectivity index (χ3v) is 2.03. The van der Waals surface area contributed by atoms with Crippen molar-refractivity contribution >= 4 is 23.2 Å². The Labute approximate surface area is 93.0 Å². The molecule has 0 radical (unpaired) electrons. The van der Waals surface area contributed by atoms with Crippen molar-refractivity contribution in [2.24, 2.45) is 0 Å². The highest BCUT2D eigenvalue weighted by molar-refractivity contribution is 5.84. The maximum Gasteiger partial charge on any atom is 0.311 e. The Bertz CT molecular complexity index is 663. The van der Waals surface area contributed by atoms with Crippen LogP contribution in [0.15, 0.2) is 23.0 Å². The van der Waals surface area contributed by atoms with E-state index in [1.807, 2.05) is 0 Å². The Morgan fingerprint density at radius 2 is 2.24 bits per heavy atom. The van der Waals surface area contributed by atoms with E-state index in [2.05, 4.69) is 14.7 Å². The summed E-state index contributed by atoms with van der Waals surface area (Å²) in [6, 6.07) is 4.11. The number of nitrogens with zero attached hydrogens (tertiary/aromatic N) is 2. The quantitative estimate of drug-likeness (QED) is 0.466. The normalized spacial score (nSPS) is 10.1. The Morgan fingerprint density at radius 3 is 2.88 bits per heavy atom. The average Bonchev–Trinajstić information content (AvgIpc) is 2.29. The van der Waals surface area contributed by atoms with Crippen LogP contribution in [-0.2, 0) is 4.79 Å². The zero-order valence-corrected chi connectivity index (χ0v) is 8.25. The lowest BCUT2D eigenvalue weighted by atomic mass is 10.2. The number of fused-ring (bicyclic) bond motifs is 1. The van der Waals surface area contributed by atoms with Gasteiger partial charge in [-0.25, -0.2) is 0 Å². The Kier molecular flexibility index (Phi) is 2.53. The van der Waals surface area contributed by atoms with Crippen LogP contribution in [0.25, 0.3) is 11.0 Å². The molecule has 1 N–H and O–H groups in total. The minimum Gasteiger partial charge on any atom is -0.404 e. The molecule has 0 saturated heterocycles. The summed E-state index contributed by atoms with van der Waals surface area (Å²) >= 11 is 0. The highest BCUT2D eigenvalue weighted by Crippen LogP contribution is 2.21. The molecule has 0 fully saturated rings. The number of para-hydroxylation sites is 1. The fourth-order valence-corrected chi connectivity index (χ4v) is 1.35. The van der Waals surface area contributed by atoms with Gasteiger partial charge in [0.1, 0.15) is 0 Å². The Hall–Kier alpha value is -2.77. The maximum absolute atomic E-state index is 11.3. The van der Waals surface area contributed by atoms with Gasteiger partial charge in [0.2, 0.25) is 0 Å². The monoisotopic (exact) mass is 235 g/mol. The van der Waals surface area contributed by atoms with Gasteiger partial charge in [-0.2, -0.15) is 4.98 Å². The number of rotatable bonds is 3. The van der Waals surface area contributed by atoms with Crippen LogP contribution in [0.4, 0.5) is 5.69 Å². The van der Waals surface area contributed by atoms with Crippen LogP contribution >= 0.6 is 0 Å². The molecule has 8 heteroatoms. The second-order valence-electron chi connectivity index (χ2n) is 3.02. The van der Waals surface area contributed by atoms with E-state index in [1.54, 1.807) is 0 Å². The number of H-pyrrole nitrogens is 1. The fourth-order valence-electron chi connectivity index (χ4n) is 1.35. The Morgan fingerprint density at radius 1 is 1.47 bits per heavy atom. The summed E-state index contributed by atoms with van der Waals surface area (Å²) in [6.45, 7) is 0.0260. The molecule has 0 spiro atoms. The first-order chi connectivity index (χ1) is 8.13. The molecule has 0 bridgehead atoms.